The van der Waals surface area contributed by atoms with E-state index < -0.39 is 0 Å². The second kappa shape index (κ2) is 7.74. The van der Waals surface area contributed by atoms with E-state index in [-0.39, 0.29) is 5.82 Å². The van der Waals surface area contributed by atoms with Crippen LogP contribution in [-0.2, 0) is 6.42 Å². The Labute approximate surface area is 130 Å². The number of hydrogen-bond acceptors (Lipinski definition) is 1. The quantitative estimate of drug-likeness (QED) is 0.643. The lowest BCUT2D eigenvalue weighted by Crippen LogP contribution is -2.29. The van der Waals surface area contributed by atoms with Crippen LogP contribution < -0.4 is 10.6 Å². The van der Waals surface area contributed by atoms with Crippen LogP contribution in [0, 0.1) is 12.7 Å². The van der Waals surface area contributed by atoms with Crippen molar-refractivity contribution in [1.82, 2.24) is 5.32 Å². The topological polar surface area (TPSA) is 24.1 Å². The van der Waals surface area contributed by atoms with E-state index in [9.17, 15) is 4.39 Å². The van der Waals surface area contributed by atoms with Crippen molar-refractivity contribution < 1.29 is 4.39 Å². The third-order valence-electron chi connectivity index (χ3n) is 3.17. The van der Waals surface area contributed by atoms with Crippen molar-refractivity contribution in [3.8, 4) is 0 Å². The number of rotatable bonds is 5. The second-order valence-electron chi connectivity index (χ2n) is 4.95. The molecule has 0 saturated heterocycles. The smallest absolute Gasteiger partial charge is 0.170 e. The molecule has 21 heavy (non-hydrogen) atoms. The van der Waals surface area contributed by atoms with Crippen molar-refractivity contribution >= 4 is 23.0 Å². The number of aryl methyl sites for hydroxylation is 2. The minimum absolute atomic E-state index is 0.304. The molecule has 2 N–H and O–H groups in total. The lowest BCUT2D eigenvalue weighted by Gasteiger charge is -2.11. The molecule has 2 aromatic carbocycles. The Morgan fingerprint density at radius 2 is 1.81 bits per heavy atom. The fraction of sp³-hybridized carbons (Fsp3) is 0.235. The highest BCUT2D eigenvalue weighted by Crippen LogP contribution is 2.12. The largest absolute Gasteiger partial charge is 0.362 e. The third kappa shape index (κ3) is 5.16. The number of anilines is 1. The van der Waals surface area contributed by atoms with Gasteiger partial charge in [-0.15, -0.1) is 0 Å². The molecule has 2 nitrogen and oxygen atoms in total. The van der Waals surface area contributed by atoms with E-state index >= 15 is 0 Å². The lowest BCUT2D eigenvalue weighted by molar-refractivity contribution is 0.632. The molecule has 4 heteroatoms. The zero-order chi connectivity index (χ0) is 15.1. The molecule has 0 atom stereocenters. The molecule has 2 rings (SSSR count). The van der Waals surface area contributed by atoms with Crippen LogP contribution in [0.2, 0.25) is 0 Å². The first kappa shape index (κ1) is 15.4. The van der Waals surface area contributed by atoms with Gasteiger partial charge in [0.1, 0.15) is 5.82 Å². The minimum Gasteiger partial charge on any atom is -0.362 e. The van der Waals surface area contributed by atoms with Gasteiger partial charge in [0.25, 0.3) is 0 Å². The van der Waals surface area contributed by atoms with Gasteiger partial charge in [-0.25, -0.2) is 4.39 Å². The molecule has 110 valence electrons. The van der Waals surface area contributed by atoms with E-state index in [4.69, 9.17) is 12.2 Å². The van der Waals surface area contributed by atoms with Crippen LogP contribution >= 0.6 is 12.2 Å². The molecule has 0 bridgehead atoms. The summed E-state index contributed by atoms with van der Waals surface area (Å²) in [6.07, 6.45) is 1.97. The van der Waals surface area contributed by atoms with Gasteiger partial charge in [0.15, 0.2) is 5.11 Å². The van der Waals surface area contributed by atoms with Gasteiger partial charge in [0.2, 0.25) is 0 Å². The average molecular weight is 302 g/mol. The molecule has 2 aromatic rings. The molecule has 0 unspecified atom stereocenters. The summed E-state index contributed by atoms with van der Waals surface area (Å²) in [6.45, 7) is 2.84. The predicted molar refractivity (Wildman–Crippen MR) is 90.1 cm³/mol. The molecule has 0 spiro atoms. The number of para-hydroxylation sites is 1. The summed E-state index contributed by atoms with van der Waals surface area (Å²) in [5.41, 5.74) is 2.98. The third-order valence-corrected chi connectivity index (χ3v) is 3.42. The summed E-state index contributed by atoms with van der Waals surface area (Å²) >= 11 is 5.15. The van der Waals surface area contributed by atoms with Crippen molar-refractivity contribution in [2.24, 2.45) is 0 Å². The van der Waals surface area contributed by atoms with Gasteiger partial charge in [-0.1, -0.05) is 42.0 Å². The molecular formula is C17H19FN2S. The van der Waals surface area contributed by atoms with Crippen molar-refractivity contribution in [2.75, 3.05) is 11.9 Å². The summed E-state index contributed by atoms with van der Waals surface area (Å²) in [7, 11) is 0. The number of nitrogens with one attached hydrogen (secondary N) is 2. The van der Waals surface area contributed by atoms with E-state index in [2.05, 4.69) is 41.8 Å². The van der Waals surface area contributed by atoms with Gasteiger partial charge in [-0.05, 0) is 49.7 Å². The first-order chi connectivity index (χ1) is 10.1. The van der Waals surface area contributed by atoms with Gasteiger partial charge < -0.3 is 10.6 Å². The Morgan fingerprint density at radius 3 is 2.52 bits per heavy atom. The van der Waals surface area contributed by atoms with Crippen LogP contribution in [0.3, 0.4) is 0 Å². The molecule has 0 aliphatic carbocycles. The van der Waals surface area contributed by atoms with Gasteiger partial charge in [0, 0.05) is 6.54 Å². The molecule has 0 radical (unpaired) electrons. The van der Waals surface area contributed by atoms with E-state index in [1.807, 2.05) is 0 Å². The number of halogens is 1. The highest BCUT2D eigenvalue weighted by Gasteiger charge is 2.02. The molecule has 0 aliphatic rings. The van der Waals surface area contributed by atoms with Gasteiger partial charge >= 0.3 is 0 Å². The van der Waals surface area contributed by atoms with Crippen LogP contribution in [0.25, 0.3) is 0 Å². The maximum atomic E-state index is 13.4. The van der Waals surface area contributed by atoms with Crippen molar-refractivity contribution in [1.29, 1.82) is 0 Å². The zero-order valence-corrected chi connectivity index (χ0v) is 12.8. The Hall–Kier alpha value is -1.94. The maximum absolute atomic E-state index is 13.4. The van der Waals surface area contributed by atoms with E-state index in [0.717, 1.165) is 19.4 Å². The monoisotopic (exact) mass is 302 g/mol. The molecule has 0 heterocycles. The predicted octanol–water partition coefficient (Wildman–Crippen LogP) is 4.05. The Bertz CT molecular complexity index is 596. The molecule has 0 saturated carbocycles. The van der Waals surface area contributed by atoms with Crippen LogP contribution in [0.4, 0.5) is 10.1 Å². The van der Waals surface area contributed by atoms with Crippen molar-refractivity contribution in [3.05, 3.63) is 65.5 Å². The van der Waals surface area contributed by atoms with Gasteiger partial charge in [-0.2, -0.15) is 0 Å². The Morgan fingerprint density at radius 1 is 1.10 bits per heavy atom. The summed E-state index contributed by atoms with van der Waals surface area (Å²) < 4.78 is 13.4. The molecule has 0 aromatic heterocycles. The van der Waals surface area contributed by atoms with E-state index in [1.54, 1.807) is 18.2 Å². The standard InChI is InChI=1S/C17H19FN2S/c1-13-8-10-14(11-9-13)5-4-12-19-17(21)20-16-7-3-2-6-15(16)18/h2-3,6-11H,4-5,12H2,1H3,(H2,19,20,21). The normalized spacial score (nSPS) is 10.2. The fourth-order valence-electron chi connectivity index (χ4n) is 1.98. The molecule has 0 fully saturated rings. The summed E-state index contributed by atoms with van der Waals surface area (Å²) in [5.74, 6) is -0.304. The zero-order valence-electron chi connectivity index (χ0n) is 12.0. The maximum Gasteiger partial charge on any atom is 0.170 e. The van der Waals surface area contributed by atoms with Crippen LogP contribution in [0.5, 0.6) is 0 Å². The SMILES string of the molecule is Cc1ccc(CCCNC(=S)Nc2ccccc2F)cc1. The van der Waals surface area contributed by atoms with Crippen LogP contribution in [-0.4, -0.2) is 11.7 Å². The summed E-state index contributed by atoms with van der Waals surface area (Å²) in [4.78, 5) is 0. The summed E-state index contributed by atoms with van der Waals surface area (Å²) in [6, 6.07) is 15.0. The Kier molecular flexibility index (Phi) is 5.69. The van der Waals surface area contributed by atoms with E-state index in [1.165, 1.54) is 17.2 Å². The second-order valence-corrected chi connectivity index (χ2v) is 5.36. The first-order valence-corrected chi connectivity index (χ1v) is 7.41. The number of thiocarbonyl (C=S) groups is 1. The van der Waals surface area contributed by atoms with Crippen LogP contribution in [0.15, 0.2) is 48.5 Å². The summed E-state index contributed by atoms with van der Waals surface area (Å²) in [5, 5.41) is 6.40. The van der Waals surface area contributed by atoms with Crippen molar-refractivity contribution in [2.45, 2.75) is 19.8 Å². The van der Waals surface area contributed by atoms with Gasteiger partial charge in [-0.3, -0.25) is 0 Å². The van der Waals surface area contributed by atoms with Crippen molar-refractivity contribution in [3.63, 3.8) is 0 Å². The number of benzene rings is 2. The molecule has 0 aliphatic heterocycles. The lowest BCUT2D eigenvalue weighted by atomic mass is 10.1. The number of hydrogen-bond donors (Lipinski definition) is 2. The van der Waals surface area contributed by atoms with Gasteiger partial charge in [0.05, 0.1) is 5.69 Å². The highest BCUT2D eigenvalue weighted by atomic mass is 32.1. The average Bonchev–Trinajstić information content (AvgIpc) is 2.48. The fourth-order valence-corrected chi connectivity index (χ4v) is 2.19. The Balaban J connectivity index is 1.70. The highest BCUT2D eigenvalue weighted by molar-refractivity contribution is 7.80. The molecule has 0 amide bonds. The molecular weight excluding hydrogens is 283 g/mol. The van der Waals surface area contributed by atoms with E-state index in [0.29, 0.717) is 10.8 Å². The first-order valence-electron chi connectivity index (χ1n) is 7.00. The van der Waals surface area contributed by atoms with Crippen LogP contribution in [0.1, 0.15) is 17.5 Å². The minimum atomic E-state index is -0.304.